The lowest BCUT2D eigenvalue weighted by molar-refractivity contribution is -0.128. The van der Waals surface area contributed by atoms with Crippen molar-refractivity contribution >= 4 is 63.6 Å². The Morgan fingerprint density at radius 3 is 2.22 bits per heavy atom. The molecule has 0 spiro atoms. The first-order valence-electron chi connectivity index (χ1n) is 16.6. The summed E-state index contributed by atoms with van der Waals surface area (Å²) in [5.74, 6) is 1.74. The summed E-state index contributed by atoms with van der Waals surface area (Å²) in [6.45, 7) is 5.08. The Kier molecular flexibility index (Phi) is 10.0. The number of halogens is 2. The van der Waals surface area contributed by atoms with Gasteiger partial charge in [-0.25, -0.2) is 17.7 Å². The number of hydrogen-bond donors (Lipinski definition) is 3. The van der Waals surface area contributed by atoms with Crippen LogP contribution < -0.4 is 16.4 Å². The molecule has 5 fully saturated rings. The van der Waals surface area contributed by atoms with E-state index in [9.17, 15) is 13.2 Å². The highest BCUT2D eigenvalue weighted by Gasteiger charge is 2.65. The Morgan fingerprint density at radius 1 is 0.933 bits per heavy atom. The normalized spacial score (nSPS) is 30.7. The average molecular weight is 686 g/mol. The van der Waals surface area contributed by atoms with Gasteiger partial charge in [0.1, 0.15) is 5.78 Å². The minimum Gasteiger partial charge on any atom is -0.365 e. The summed E-state index contributed by atoms with van der Waals surface area (Å²) >= 11 is 0. The van der Waals surface area contributed by atoms with Crippen LogP contribution in [0.15, 0.2) is 6.33 Å². The molecule has 0 aromatic carbocycles. The molecule has 2 atom stereocenters. The number of carbonyl (C=O) groups is 1. The third-order valence-corrected chi connectivity index (χ3v) is 14.0. The van der Waals surface area contributed by atoms with Gasteiger partial charge in [-0.1, -0.05) is 26.7 Å². The third-order valence-electron chi connectivity index (χ3n) is 12.0. The largest absolute Gasteiger partial charge is 0.365 e. The molecule has 2 aromatic rings. The van der Waals surface area contributed by atoms with Crippen molar-refractivity contribution in [3.05, 3.63) is 6.33 Å². The fourth-order valence-electron chi connectivity index (χ4n) is 8.96. The zero-order chi connectivity index (χ0) is 30.0. The number of hydrogen-bond acceptors (Lipinski definition) is 9. The van der Waals surface area contributed by atoms with E-state index in [0.29, 0.717) is 68.5 Å². The van der Waals surface area contributed by atoms with E-state index in [0.717, 1.165) is 56.1 Å². The molecule has 0 radical (unpaired) electrons. The average Bonchev–Trinajstić information content (AvgIpc) is 3.73. The SMILES string of the molecule is CC1(C)[C@H]2CC[C@@]1(CS(=O)(=O)N1CCC(Nc3nc(NC4CCC(N)CC4)nc4c3ncn4C3CCCC3)CC1)C(=O)C2.Cl.Cl. The fourth-order valence-corrected chi connectivity index (χ4v) is 11.2. The van der Waals surface area contributed by atoms with Crippen LogP contribution in [-0.4, -0.2) is 75.0 Å². The van der Waals surface area contributed by atoms with E-state index in [2.05, 4.69) is 29.0 Å². The highest BCUT2D eigenvalue weighted by Crippen LogP contribution is 2.64. The van der Waals surface area contributed by atoms with Crippen molar-refractivity contribution in [3.8, 4) is 0 Å². The minimum atomic E-state index is -3.55. The number of nitrogens with one attached hydrogen (secondary N) is 2. The number of aromatic nitrogens is 4. The van der Waals surface area contributed by atoms with Crippen LogP contribution >= 0.6 is 24.8 Å². The van der Waals surface area contributed by atoms with Gasteiger partial charge in [0.15, 0.2) is 17.0 Å². The number of imidazole rings is 1. The number of anilines is 2. The van der Waals surface area contributed by atoms with E-state index in [-0.39, 0.29) is 53.8 Å². The van der Waals surface area contributed by atoms with Crippen LogP contribution in [0.2, 0.25) is 0 Å². The number of fused-ring (bicyclic) bond motifs is 3. The predicted molar refractivity (Wildman–Crippen MR) is 182 cm³/mol. The lowest BCUT2D eigenvalue weighted by Gasteiger charge is -2.39. The molecule has 14 heteroatoms. The van der Waals surface area contributed by atoms with E-state index >= 15 is 0 Å². The van der Waals surface area contributed by atoms with Crippen molar-refractivity contribution in [1.29, 1.82) is 0 Å². The van der Waals surface area contributed by atoms with Crippen LogP contribution in [0.4, 0.5) is 11.8 Å². The number of rotatable bonds is 8. The maximum atomic E-state index is 13.7. The maximum absolute atomic E-state index is 13.7. The summed E-state index contributed by atoms with van der Waals surface area (Å²) in [6, 6.07) is 1.05. The van der Waals surface area contributed by atoms with Crippen LogP contribution in [0.1, 0.15) is 103 Å². The van der Waals surface area contributed by atoms with E-state index in [4.69, 9.17) is 20.7 Å². The molecule has 7 rings (SSSR count). The van der Waals surface area contributed by atoms with Gasteiger partial charge < -0.3 is 20.9 Å². The van der Waals surface area contributed by atoms with E-state index in [1.54, 1.807) is 4.31 Å². The smallest absolute Gasteiger partial charge is 0.227 e. The highest BCUT2D eigenvalue weighted by atomic mass is 35.5. The van der Waals surface area contributed by atoms with Crippen molar-refractivity contribution in [3.63, 3.8) is 0 Å². The first-order chi connectivity index (χ1) is 20.6. The summed E-state index contributed by atoms with van der Waals surface area (Å²) in [5, 5.41) is 7.23. The molecule has 45 heavy (non-hydrogen) atoms. The lowest BCUT2D eigenvalue weighted by Crippen LogP contribution is -2.49. The maximum Gasteiger partial charge on any atom is 0.227 e. The quantitative estimate of drug-likeness (QED) is 0.347. The van der Waals surface area contributed by atoms with Crippen molar-refractivity contribution in [2.45, 2.75) is 121 Å². The van der Waals surface area contributed by atoms with Gasteiger partial charge in [-0.15, -0.1) is 24.8 Å². The van der Waals surface area contributed by atoms with Gasteiger partial charge >= 0.3 is 0 Å². The number of Topliss-reactive ketones (excluding diaryl/α,β-unsaturated/α-hetero) is 1. The summed E-state index contributed by atoms with van der Waals surface area (Å²) in [7, 11) is -3.55. The van der Waals surface area contributed by atoms with Gasteiger partial charge in [0.25, 0.3) is 0 Å². The lowest BCUT2D eigenvalue weighted by atomic mass is 9.70. The summed E-state index contributed by atoms with van der Waals surface area (Å²) < 4.78 is 31.2. The van der Waals surface area contributed by atoms with Crippen LogP contribution in [-0.2, 0) is 14.8 Å². The molecule has 11 nitrogen and oxygen atoms in total. The predicted octanol–water partition coefficient (Wildman–Crippen LogP) is 5.07. The van der Waals surface area contributed by atoms with E-state index in [1.165, 1.54) is 12.8 Å². The summed E-state index contributed by atoms with van der Waals surface area (Å²) in [4.78, 5) is 27.7. The topological polar surface area (TPSA) is 148 Å². The first kappa shape index (κ1) is 34.6. The van der Waals surface area contributed by atoms with Gasteiger partial charge in [-0.3, -0.25) is 4.79 Å². The Bertz CT molecular complexity index is 1480. The van der Waals surface area contributed by atoms with Crippen LogP contribution in [0.3, 0.4) is 0 Å². The molecule has 0 amide bonds. The number of nitrogens with two attached hydrogens (primary N) is 1. The second-order valence-electron chi connectivity index (χ2n) is 14.7. The number of carbonyl (C=O) groups excluding carboxylic acids is 1. The van der Waals surface area contributed by atoms with Gasteiger partial charge in [0, 0.05) is 49.1 Å². The molecule has 1 aliphatic heterocycles. The molecule has 0 unspecified atom stereocenters. The number of ketones is 1. The molecule has 3 heterocycles. The Morgan fingerprint density at radius 2 is 1.60 bits per heavy atom. The third kappa shape index (κ3) is 6.19. The molecule has 4 N–H and O–H groups in total. The monoisotopic (exact) mass is 684 g/mol. The second-order valence-corrected chi connectivity index (χ2v) is 16.6. The number of piperidine rings is 1. The molecular formula is C31H50Cl2N8O3S. The standard InChI is InChI=1S/C31H48N8O3S.2ClH/c1-30(2)20-11-14-31(30,25(40)17-20)18-43(41,42)38-15-12-23(13-16-38)34-27-26-28(39(19-33-26)24-5-3-4-6-24)37-29(36-27)35-22-9-7-21(32)8-10-22;;/h19-24H,3-18,32H2,1-2H3,(H2,34,35,36,37);2*1H/t20-,21?,22?,31+;;/m0../s1. The molecule has 2 bridgehead atoms. The van der Waals surface area contributed by atoms with Gasteiger partial charge in [-0.05, 0) is 75.5 Å². The molecule has 5 aliphatic rings. The van der Waals surface area contributed by atoms with Crippen LogP contribution in [0, 0.1) is 16.7 Å². The molecule has 2 aromatic heterocycles. The minimum absolute atomic E-state index is 0. The molecule has 4 aliphatic carbocycles. The Labute approximate surface area is 279 Å². The molecular weight excluding hydrogens is 635 g/mol. The Hall–Kier alpha value is -1.73. The Balaban J connectivity index is 0.00000200. The first-order valence-corrected chi connectivity index (χ1v) is 18.2. The van der Waals surface area contributed by atoms with Gasteiger partial charge in [-0.2, -0.15) is 9.97 Å². The zero-order valence-electron chi connectivity index (χ0n) is 26.5. The van der Waals surface area contributed by atoms with E-state index < -0.39 is 15.4 Å². The molecule has 4 saturated carbocycles. The molecule has 1 saturated heterocycles. The van der Waals surface area contributed by atoms with Crippen molar-refractivity contribution in [2.24, 2.45) is 22.5 Å². The van der Waals surface area contributed by atoms with Crippen LogP contribution in [0.25, 0.3) is 11.2 Å². The molecule has 252 valence electrons. The number of nitrogens with zero attached hydrogens (tertiary/aromatic N) is 5. The second kappa shape index (κ2) is 13.1. The van der Waals surface area contributed by atoms with Crippen LogP contribution in [0.5, 0.6) is 0 Å². The van der Waals surface area contributed by atoms with Crippen molar-refractivity contribution in [2.75, 3.05) is 29.5 Å². The number of sulfonamides is 1. The summed E-state index contributed by atoms with van der Waals surface area (Å²) in [6.07, 6.45) is 14.2. The highest BCUT2D eigenvalue weighted by molar-refractivity contribution is 7.89. The van der Waals surface area contributed by atoms with E-state index in [1.807, 2.05) is 6.33 Å². The van der Waals surface area contributed by atoms with Gasteiger partial charge in [0.05, 0.1) is 12.1 Å². The zero-order valence-corrected chi connectivity index (χ0v) is 29.0. The fraction of sp³-hybridized carbons (Fsp3) is 0.806. The van der Waals surface area contributed by atoms with Crippen molar-refractivity contribution in [1.82, 2.24) is 23.8 Å². The van der Waals surface area contributed by atoms with Gasteiger partial charge in [0.2, 0.25) is 16.0 Å². The summed E-state index contributed by atoms with van der Waals surface area (Å²) in [5.41, 5.74) is 6.78. The van der Waals surface area contributed by atoms with Crippen molar-refractivity contribution < 1.29 is 13.2 Å².